The van der Waals surface area contributed by atoms with Crippen LogP contribution in [0.4, 0.5) is 5.69 Å². The topological polar surface area (TPSA) is 77.1 Å². The molecule has 1 saturated heterocycles. The number of likely N-dealkylation sites (tertiary alicyclic amines) is 1. The summed E-state index contributed by atoms with van der Waals surface area (Å²) in [6, 6.07) is 15.6. The Bertz CT molecular complexity index is 1070. The second-order valence-electron chi connectivity index (χ2n) is 8.62. The fraction of sp³-hybridized carbons (Fsp3) is 0.407. The third kappa shape index (κ3) is 4.94. The zero-order chi connectivity index (χ0) is 24.1. The summed E-state index contributed by atoms with van der Waals surface area (Å²) >= 11 is 0. The molecule has 0 aliphatic carbocycles. The zero-order valence-corrected chi connectivity index (χ0v) is 20.1. The maximum absolute atomic E-state index is 13.5. The molecule has 7 heteroatoms. The van der Waals surface area contributed by atoms with E-state index >= 15 is 0 Å². The van der Waals surface area contributed by atoms with Crippen LogP contribution in [0.5, 0.6) is 11.5 Å². The number of ether oxygens (including phenoxy) is 3. The number of amides is 1. The third-order valence-corrected chi connectivity index (χ3v) is 6.37. The highest BCUT2D eigenvalue weighted by Gasteiger charge is 2.50. The quantitative estimate of drug-likeness (QED) is 0.586. The predicted molar refractivity (Wildman–Crippen MR) is 130 cm³/mol. The van der Waals surface area contributed by atoms with Gasteiger partial charge in [0.15, 0.2) is 0 Å². The summed E-state index contributed by atoms with van der Waals surface area (Å²) in [6.07, 6.45) is 1.14. The Morgan fingerprint density at radius 1 is 1.06 bits per heavy atom. The first-order valence-corrected chi connectivity index (χ1v) is 11.9. The van der Waals surface area contributed by atoms with E-state index in [2.05, 4.69) is 22.3 Å². The van der Waals surface area contributed by atoms with Gasteiger partial charge in [0.05, 0.1) is 24.5 Å². The van der Waals surface area contributed by atoms with Crippen LogP contribution in [-0.2, 0) is 20.9 Å². The first-order chi connectivity index (χ1) is 16.5. The minimum Gasteiger partial charge on any atom is -0.494 e. The molecule has 0 bridgehead atoms. The van der Waals surface area contributed by atoms with Gasteiger partial charge in [0, 0.05) is 44.1 Å². The highest BCUT2D eigenvalue weighted by molar-refractivity contribution is 6.13. The largest absolute Gasteiger partial charge is 0.494 e. The highest BCUT2D eigenvalue weighted by Crippen LogP contribution is 2.42. The van der Waals surface area contributed by atoms with Gasteiger partial charge in [0.25, 0.3) is 5.91 Å². The predicted octanol–water partition coefficient (Wildman–Crippen LogP) is 4.33. The van der Waals surface area contributed by atoms with E-state index in [1.54, 1.807) is 25.1 Å². The molecular formula is C27H32N2O5. The molecule has 0 aromatic heterocycles. The summed E-state index contributed by atoms with van der Waals surface area (Å²) in [4.78, 5) is 28.4. The third-order valence-electron chi connectivity index (χ3n) is 6.37. The molecule has 1 fully saturated rings. The number of nitrogens with one attached hydrogen (secondary N) is 1. The Labute approximate surface area is 200 Å². The maximum atomic E-state index is 13.5. The summed E-state index contributed by atoms with van der Waals surface area (Å²) in [6.45, 7) is 8.72. The maximum Gasteiger partial charge on any atom is 0.335 e. The second kappa shape index (κ2) is 10.3. The fourth-order valence-electron chi connectivity index (χ4n) is 4.72. The van der Waals surface area contributed by atoms with Crippen LogP contribution in [-0.4, -0.2) is 48.7 Å². The molecule has 2 aromatic carbocycles. The smallest absolute Gasteiger partial charge is 0.335 e. The molecular weight excluding hydrogens is 432 g/mol. The minimum atomic E-state index is -0.901. The first-order valence-electron chi connectivity index (χ1n) is 11.9. The second-order valence-corrected chi connectivity index (χ2v) is 8.62. The molecule has 4 rings (SSSR count). The van der Waals surface area contributed by atoms with E-state index in [4.69, 9.17) is 14.2 Å². The van der Waals surface area contributed by atoms with Crippen LogP contribution in [0.15, 0.2) is 59.7 Å². The molecule has 7 nitrogen and oxygen atoms in total. The van der Waals surface area contributed by atoms with Crippen molar-refractivity contribution in [2.75, 3.05) is 31.6 Å². The van der Waals surface area contributed by atoms with Crippen molar-refractivity contribution in [2.45, 2.75) is 45.8 Å². The number of hydrogen-bond acceptors (Lipinski definition) is 6. The van der Waals surface area contributed by atoms with Crippen molar-refractivity contribution < 1.29 is 23.8 Å². The van der Waals surface area contributed by atoms with Crippen LogP contribution >= 0.6 is 0 Å². The molecule has 0 saturated carbocycles. The average molecular weight is 465 g/mol. The van der Waals surface area contributed by atoms with Crippen molar-refractivity contribution in [3.63, 3.8) is 0 Å². The number of benzene rings is 2. The van der Waals surface area contributed by atoms with Gasteiger partial charge >= 0.3 is 5.97 Å². The monoisotopic (exact) mass is 464 g/mol. The molecule has 180 valence electrons. The van der Waals surface area contributed by atoms with Crippen molar-refractivity contribution in [2.24, 2.45) is 0 Å². The average Bonchev–Trinajstić information content (AvgIpc) is 3.07. The Morgan fingerprint density at radius 2 is 1.76 bits per heavy atom. The minimum absolute atomic E-state index is 0.338. The number of rotatable bonds is 8. The number of nitrogens with zero attached hydrogens (tertiary/aromatic N) is 1. The van der Waals surface area contributed by atoms with Crippen molar-refractivity contribution in [1.29, 1.82) is 0 Å². The molecule has 1 amide bonds. The fourth-order valence-corrected chi connectivity index (χ4v) is 4.72. The zero-order valence-electron chi connectivity index (χ0n) is 20.1. The van der Waals surface area contributed by atoms with Crippen LogP contribution in [0.3, 0.4) is 0 Å². The highest BCUT2D eigenvalue weighted by atomic mass is 16.6. The van der Waals surface area contributed by atoms with Gasteiger partial charge in [-0.15, -0.1) is 0 Å². The molecule has 2 aliphatic heterocycles. The lowest BCUT2D eigenvalue weighted by Gasteiger charge is -2.39. The summed E-state index contributed by atoms with van der Waals surface area (Å²) in [5, 5.41) is 2.96. The Hall–Kier alpha value is -3.32. The number of piperidine rings is 1. The van der Waals surface area contributed by atoms with E-state index in [9.17, 15) is 9.59 Å². The summed E-state index contributed by atoms with van der Waals surface area (Å²) in [7, 11) is 0. The van der Waals surface area contributed by atoms with Crippen LogP contribution in [0.1, 0.15) is 39.2 Å². The van der Waals surface area contributed by atoms with Gasteiger partial charge in [-0.1, -0.05) is 30.3 Å². The van der Waals surface area contributed by atoms with Gasteiger partial charge < -0.3 is 19.5 Å². The Balaban J connectivity index is 1.53. The van der Waals surface area contributed by atoms with Gasteiger partial charge in [0.2, 0.25) is 0 Å². The van der Waals surface area contributed by atoms with E-state index in [1.807, 2.05) is 32.0 Å². The molecule has 2 heterocycles. The molecule has 2 aromatic rings. The Kier molecular flexibility index (Phi) is 7.22. The number of carbonyl (C=O) groups is 2. The van der Waals surface area contributed by atoms with Gasteiger partial charge in [0.1, 0.15) is 17.1 Å². The van der Waals surface area contributed by atoms with Gasteiger partial charge in [-0.05, 0) is 38.5 Å². The molecule has 1 spiro atoms. The van der Waals surface area contributed by atoms with Crippen molar-refractivity contribution >= 4 is 17.6 Å². The number of carbonyl (C=O) groups excluding carboxylic acids is 2. The normalized spacial score (nSPS) is 17.6. The Morgan fingerprint density at radius 3 is 2.44 bits per heavy atom. The van der Waals surface area contributed by atoms with Gasteiger partial charge in [-0.3, -0.25) is 9.69 Å². The van der Waals surface area contributed by atoms with E-state index in [-0.39, 0.29) is 5.91 Å². The van der Waals surface area contributed by atoms with Crippen molar-refractivity contribution in [3.05, 3.63) is 65.2 Å². The van der Waals surface area contributed by atoms with Gasteiger partial charge in [-0.2, -0.15) is 0 Å². The standard InChI is InChI=1S/C27H32N2O5/c1-4-32-21-11-12-23(33-5-2)22(17-21)28-25(30)24-19(3)26(31)34-27(24)13-15-29(16-14-27)18-20-9-7-6-8-10-20/h6-12,17H,4-5,13-16,18H2,1-3H3,(H,28,30). The first kappa shape index (κ1) is 23.8. The summed E-state index contributed by atoms with van der Waals surface area (Å²) in [5.74, 6) is 0.424. The van der Waals surface area contributed by atoms with Crippen LogP contribution in [0.2, 0.25) is 0 Å². The van der Waals surface area contributed by atoms with Crippen molar-refractivity contribution in [1.82, 2.24) is 4.90 Å². The van der Waals surface area contributed by atoms with E-state index in [1.165, 1.54) is 5.56 Å². The van der Waals surface area contributed by atoms with Crippen LogP contribution < -0.4 is 14.8 Å². The van der Waals surface area contributed by atoms with Crippen LogP contribution in [0.25, 0.3) is 0 Å². The molecule has 1 N–H and O–H groups in total. The molecule has 34 heavy (non-hydrogen) atoms. The van der Waals surface area contributed by atoms with Crippen LogP contribution in [0, 0.1) is 0 Å². The SMILES string of the molecule is CCOc1ccc(OCC)c(NC(=O)C2=C(C)C(=O)OC23CCN(Cc2ccccc2)CC3)c1. The molecule has 0 atom stereocenters. The molecule has 0 radical (unpaired) electrons. The number of hydrogen-bond donors (Lipinski definition) is 1. The summed E-state index contributed by atoms with van der Waals surface area (Å²) < 4.78 is 17.1. The van der Waals surface area contributed by atoms with E-state index in [0.717, 1.165) is 19.6 Å². The van der Waals surface area contributed by atoms with Gasteiger partial charge in [-0.25, -0.2) is 4.79 Å². The number of esters is 1. The summed E-state index contributed by atoms with van der Waals surface area (Å²) in [5.41, 5.74) is 1.63. The number of anilines is 1. The van der Waals surface area contributed by atoms with Crippen molar-refractivity contribution in [3.8, 4) is 11.5 Å². The lowest BCUT2D eigenvalue weighted by molar-refractivity contribution is -0.150. The molecule has 2 aliphatic rings. The lowest BCUT2D eigenvalue weighted by Crippen LogP contribution is -2.47. The lowest BCUT2D eigenvalue weighted by atomic mass is 9.82. The van der Waals surface area contributed by atoms with E-state index < -0.39 is 11.6 Å². The molecule has 0 unspecified atom stereocenters. The van der Waals surface area contributed by atoms with E-state index in [0.29, 0.717) is 54.4 Å².